The molecule has 1 unspecified atom stereocenters. The van der Waals surface area contributed by atoms with E-state index in [4.69, 9.17) is 0 Å². The van der Waals surface area contributed by atoms with Gasteiger partial charge in [-0.15, -0.1) is 0 Å². The first kappa shape index (κ1) is 13.4. The molecule has 1 amide bonds. The molecule has 0 aromatic carbocycles. The average molecular weight is 266 g/mol. The molecule has 4 nitrogen and oxygen atoms in total. The number of hydrogen-bond acceptors (Lipinski definition) is 3. The van der Waals surface area contributed by atoms with Crippen molar-refractivity contribution in [2.45, 2.75) is 51.0 Å². The average Bonchev–Trinajstić information content (AvgIpc) is 3.12. The maximum Gasteiger partial charge on any atom is 0.223 e. The van der Waals surface area contributed by atoms with Gasteiger partial charge in [-0.2, -0.15) is 0 Å². The van der Waals surface area contributed by atoms with E-state index in [1.807, 2.05) is 0 Å². The molecule has 1 atom stereocenters. The van der Waals surface area contributed by atoms with Gasteiger partial charge in [-0.05, 0) is 50.5 Å². The van der Waals surface area contributed by atoms with E-state index >= 15 is 0 Å². The summed E-state index contributed by atoms with van der Waals surface area (Å²) in [5, 5.41) is 12.5. The molecule has 0 radical (unpaired) electrons. The zero-order valence-electron chi connectivity index (χ0n) is 11.7. The smallest absolute Gasteiger partial charge is 0.223 e. The molecule has 1 aliphatic heterocycles. The number of aliphatic hydroxyl groups excluding tert-OH is 1. The van der Waals surface area contributed by atoms with Crippen molar-refractivity contribution >= 4 is 5.91 Å². The largest absolute Gasteiger partial charge is 0.393 e. The molecule has 2 N–H and O–H groups in total. The standard InChI is InChI=1S/C15H26N2O2/c18-12-3-9-17(10-4-12)8-2-7-16-14(19)13-11-15(13)5-1-6-15/h12-13,18H,1-11H2,(H,16,19). The third-order valence-corrected chi connectivity index (χ3v) is 5.36. The number of carbonyl (C=O) groups is 1. The van der Waals surface area contributed by atoms with Crippen LogP contribution < -0.4 is 5.32 Å². The van der Waals surface area contributed by atoms with Crippen LogP contribution in [-0.2, 0) is 4.79 Å². The van der Waals surface area contributed by atoms with Crippen LogP contribution in [0.1, 0.15) is 44.9 Å². The van der Waals surface area contributed by atoms with Crippen LogP contribution in [0.2, 0.25) is 0 Å². The zero-order chi connectivity index (χ0) is 13.3. The Balaban J connectivity index is 1.26. The van der Waals surface area contributed by atoms with Gasteiger partial charge >= 0.3 is 0 Å². The van der Waals surface area contributed by atoms with Crippen molar-refractivity contribution in [1.82, 2.24) is 10.2 Å². The second-order valence-corrected chi connectivity index (χ2v) is 6.69. The highest BCUT2D eigenvalue weighted by atomic mass is 16.3. The number of aliphatic hydroxyl groups is 1. The molecule has 108 valence electrons. The minimum Gasteiger partial charge on any atom is -0.393 e. The van der Waals surface area contributed by atoms with E-state index in [9.17, 15) is 9.90 Å². The Kier molecular flexibility index (Phi) is 3.81. The maximum absolute atomic E-state index is 12.0. The Morgan fingerprint density at radius 3 is 2.63 bits per heavy atom. The molecular formula is C15H26N2O2. The summed E-state index contributed by atoms with van der Waals surface area (Å²) in [6, 6.07) is 0. The molecule has 4 heteroatoms. The van der Waals surface area contributed by atoms with Crippen LogP contribution in [0.3, 0.4) is 0 Å². The summed E-state index contributed by atoms with van der Waals surface area (Å²) in [6.45, 7) is 3.86. The molecular weight excluding hydrogens is 240 g/mol. The zero-order valence-corrected chi connectivity index (χ0v) is 11.7. The Bertz CT molecular complexity index is 333. The van der Waals surface area contributed by atoms with Gasteiger partial charge in [-0.25, -0.2) is 0 Å². The van der Waals surface area contributed by atoms with Crippen molar-refractivity contribution in [3.8, 4) is 0 Å². The maximum atomic E-state index is 12.0. The molecule has 1 saturated heterocycles. The van der Waals surface area contributed by atoms with E-state index < -0.39 is 0 Å². The number of nitrogens with zero attached hydrogens (tertiary/aromatic N) is 1. The Morgan fingerprint density at radius 1 is 1.32 bits per heavy atom. The number of rotatable bonds is 5. The molecule has 1 spiro atoms. The van der Waals surface area contributed by atoms with Gasteiger partial charge in [0.2, 0.25) is 5.91 Å². The minimum absolute atomic E-state index is 0.0931. The van der Waals surface area contributed by atoms with Crippen LogP contribution in [0.4, 0.5) is 0 Å². The second kappa shape index (κ2) is 5.41. The molecule has 0 bridgehead atoms. The summed E-state index contributed by atoms with van der Waals surface area (Å²) in [7, 11) is 0. The fourth-order valence-corrected chi connectivity index (χ4v) is 3.68. The van der Waals surface area contributed by atoms with Crippen molar-refractivity contribution in [3.05, 3.63) is 0 Å². The number of carbonyl (C=O) groups excluding carboxylic acids is 1. The molecule has 0 aromatic heterocycles. The fourth-order valence-electron chi connectivity index (χ4n) is 3.68. The van der Waals surface area contributed by atoms with Crippen molar-refractivity contribution in [2.24, 2.45) is 11.3 Å². The number of hydrogen-bond donors (Lipinski definition) is 2. The van der Waals surface area contributed by atoms with E-state index in [2.05, 4.69) is 10.2 Å². The summed E-state index contributed by atoms with van der Waals surface area (Å²) in [6.07, 6.45) is 7.76. The lowest BCUT2D eigenvalue weighted by Crippen LogP contribution is -2.38. The van der Waals surface area contributed by atoms with Crippen LogP contribution in [0.5, 0.6) is 0 Å². The van der Waals surface area contributed by atoms with Gasteiger partial charge < -0.3 is 15.3 Å². The molecule has 0 aromatic rings. The van der Waals surface area contributed by atoms with Crippen LogP contribution in [0.15, 0.2) is 0 Å². The third-order valence-electron chi connectivity index (χ3n) is 5.36. The minimum atomic E-state index is -0.0931. The highest BCUT2D eigenvalue weighted by Crippen LogP contribution is 2.65. The number of nitrogens with one attached hydrogen (secondary N) is 1. The molecule has 19 heavy (non-hydrogen) atoms. The molecule has 3 rings (SSSR count). The molecule has 2 saturated carbocycles. The Labute approximate surface area is 115 Å². The normalized spacial score (nSPS) is 30.1. The van der Waals surface area contributed by atoms with Crippen molar-refractivity contribution in [2.75, 3.05) is 26.2 Å². The predicted molar refractivity (Wildman–Crippen MR) is 73.7 cm³/mol. The van der Waals surface area contributed by atoms with Gasteiger partial charge in [0, 0.05) is 25.6 Å². The van der Waals surface area contributed by atoms with Crippen molar-refractivity contribution in [3.63, 3.8) is 0 Å². The van der Waals surface area contributed by atoms with Crippen LogP contribution in [-0.4, -0.2) is 48.2 Å². The van der Waals surface area contributed by atoms with Gasteiger partial charge in [0.1, 0.15) is 0 Å². The quantitative estimate of drug-likeness (QED) is 0.734. The first-order valence-electron chi connectivity index (χ1n) is 7.88. The first-order chi connectivity index (χ1) is 9.20. The Hall–Kier alpha value is -0.610. The number of piperidine rings is 1. The second-order valence-electron chi connectivity index (χ2n) is 6.69. The van der Waals surface area contributed by atoms with E-state index in [1.165, 1.54) is 19.3 Å². The SMILES string of the molecule is O=C(NCCCN1CCC(O)CC1)C1CC12CCC2. The predicted octanol–water partition coefficient (Wildman–Crippen LogP) is 1.14. The number of likely N-dealkylation sites (tertiary alicyclic amines) is 1. The highest BCUT2D eigenvalue weighted by molar-refractivity contribution is 5.82. The van der Waals surface area contributed by atoms with Crippen LogP contribution in [0.25, 0.3) is 0 Å². The topological polar surface area (TPSA) is 52.6 Å². The summed E-state index contributed by atoms with van der Waals surface area (Å²) in [5.41, 5.74) is 0.451. The van der Waals surface area contributed by atoms with Crippen LogP contribution in [0, 0.1) is 11.3 Å². The van der Waals surface area contributed by atoms with Crippen LogP contribution >= 0.6 is 0 Å². The first-order valence-corrected chi connectivity index (χ1v) is 7.88. The Morgan fingerprint density at radius 2 is 2.05 bits per heavy atom. The summed E-state index contributed by atoms with van der Waals surface area (Å²) >= 11 is 0. The molecule has 3 fully saturated rings. The van der Waals surface area contributed by atoms with Gasteiger partial charge in [0.25, 0.3) is 0 Å². The van der Waals surface area contributed by atoms with Gasteiger partial charge in [0.05, 0.1) is 6.10 Å². The number of amides is 1. The van der Waals surface area contributed by atoms with Crippen molar-refractivity contribution < 1.29 is 9.90 Å². The van der Waals surface area contributed by atoms with Gasteiger partial charge in [-0.3, -0.25) is 4.79 Å². The van der Waals surface area contributed by atoms with Crippen molar-refractivity contribution in [1.29, 1.82) is 0 Å². The molecule has 1 heterocycles. The monoisotopic (exact) mass is 266 g/mol. The fraction of sp³-hybridized carbons (Fsp3) is 0.933. The lowest BCUT2D eigenvalue weighted by atomic mass is 9.80. The molecule has 2 aliphatic carbocycles. The molecule has 3 aliphatic rings. The summed E-state index contributed by atoms with van der Waals surface area (Å²) in [4.78, 5) is 14.3. The van der Waals surface area contributed by atoms with E-state index in [0.29, 0.717) is 17.2 Å². The lowest BCUT2D eigenvalue weighted by molar-refractivity contribution is -0.123. The van der Waals surface area contributed by atoms with E-state index in [1.54, 1.807) is 0 Å². The highest BCUT2D eigenvalue weighted by Gasteiger charge is 2.60. The van der Waals surface area contributed by atoms with Gasteiger partial charge in [0.15, 0.2) is 0 Å². The summed E-state index contributed by atoms with van der Waals surface area (Å²) in [5.74, 6) is 0.639. The van der Waals surface area contributed by atoms with E-state index in [0.717, 1.165) is 51.9 Å². The lowest BCUT2D eigenvalue weighted by Gasteiger charge is -2.29. The third kappa shape index (κ3) is 2.95. The van der Waals surface area contributed by atoms with Gasteiger partial charge in [-0.1, -0.05) is 6.42 Å². The van der Waals surface area contributed by atoms with E-state index in [-0.39, 0.29) is 6.10 Å². The summed E-state index contributed by atoms with van der Waals surface area (Å²) < 4.78 is 0.